The Balaban J connectivity index is 1.87. The molecule has 0 fully saturated rings. The van der Waals surface area contributed by atoms with Crippen LogP contribution in [0, 0.1) is 0 Å². The smallest absolute Gasteiger partial charge is 0.130 e. The molecule has 0 aliphatic carbocycles. The number of hydrogen-bond donors (Lipinski definition) is 2. The normalized spacial score (nSPS) is 14.2. The molecule has 0 bridgehead atoms. The van der Waals surface area contributed by atoms with Gasteiger partial charge in [-0.1, -0.05) is 30.3 Å². The fraction of sp³-hybridized carbons (Fsp3) is 0.286. The number of phenols is 1. The largest absolute Gasteiger partial charge is 0.508 e. The monoisotopic (exact) mass is 429 g/mol. The summed E-state index contributed by atoms with van der Waals surface area (Å²) < 4.78 is 11.2. The van der Waals surface area contributed by atoms with Crippen molar-refractivity contribution in [1.82, 2.24) is 0 Å². The van der Waals surface area contributed by atoms with Crippen molar-refractivity contribution in [1.29, 1.82) is 0 Å². The van der Waals surface area contributed by atoms with Crippen LogP contribution in [0.4, 0.5) is 5.69 Å². The van der Waals surface area contributed by atoms with Crippen LogP contribution < -0.4 is 14.8 Å². The Labute approximate surface area is 190 Å². The van der Waals surface area contributed by atoms with Crippen molar-refractivity contribution in [3.63, 3.8) is 0 Å². The maximum absolute atomic E-state index is 9.97. The molecule has 0 amide bonds. The minimum absolute atomic E-state index is 0.102. The summed E-state index contributed by atoms with van der Waals surface area (Å²) in [5.74, 6) is 1.76. The second kappa shape index (κ2) is 8.62. The van der Waals surface area contributed by atoms with Crippen molar-refractivity contribution in [3.05, 3.63) is 77.4 Å². The fourth-order valence-corrected chi connectivity index (χ4v) is 4.78. The predicted molar refractivity (Wildman–Crippen MR) is 132 cm³/mol. The molecule has 166 valence electrons. The lowest BCUT2D eigenvalue weighted by molar-refractivity contribution is 0.409. The van der Waals surface area contributed by atoms with E-state index in [1.807, 2.05) is 18.2 Å². The van der Waals surface area contributed by atoms with E-state index in [-0.39, 0.29) is 11.3 Å². The zero-order valence-electron chi connectivity index (χ0n) is 19.5. The molecule has 4 rings (SSSR count). The molecule has 32 heavy (non-hydrogen) atoms. The molecule has 0 unspecified atom stereocenters. The Morgan fingerprint density at radius 2 is 1.59 bits per heavy atom. The summed E-state index contributed by atoms with van der Waals surface area (Å²) in [6.45, 7) is 6.56. The average molecular weight is 430 g/mol. The van der Waals surface area contributed by atoms with Crippen molar-refractivity contribution in [2.45, 2.75) is 39.2 Å². The molecule has 4 nitrogen and oxygen atoms in total. The number of nitrogens with one attached hydrogen (secondary N) is 1. The van der Waals surface area contributed by atoms with Crippen LogP contribution in [-0.4, -0.2) is 24.9 Å². The number of aromatic hydroxyl groups is 1. The maximum atomic E-state index is 9.97. The first-order valence-corrected chi connectivity index (χ1v) is 11.0. The Morgan fingerprint density at radius 1 is 0.875 bits per heavy atom. The number of hydrogen-bond acceptors (Lipinski definition) is 4. The number of rotatable bonds is 6. The highest BCUT2D eigenvalue weighted by Gasteiger charge is 2.26. The van der Waals surface area contributed by atoms with E-state index in [0.29, 0.717) is 5.75 Å². The molecule has 0 atom stereocenters. The van der Waals surface area contributed by atoms with Gasteiger partial charge in [0.1, 0.15) is 17.2 Å². The van der Waals surface area contributed by atoms with E-state index in [1.54, 1.807) is 26.4 Å². The topological polar surface area (TPSA) is 50.7 Å². The van der Waals surface area contributed by atoms with E-state index in [0.717, 1.165) is 35.4 Å². The van der Waals surface area contributed by atoms with Crippen molar-refractivity contribution < 1.29 is 14.6 Å². The van der Waals surface area contributed by atoms with Gasteiger partial charge in [-0.05, 0) is 80.1 Å². The van der Waals surface area contributed by atoms with Crippen molar-refractivity contribution in [2.75, 3.05) is 19.5 Å². The van der Waals surface area contributed by atoms with Gasteiger partial charge in [-0.3, -0.25) is 0 Å². The fourth-order valence-electron chi connectivity index (χ4n) is 4.78. The number of ether oxygens (including phenoxy) is 2. The van der Waals surface area contributed by atoms with Gasteiger partial charge in [0.15, 0.2) is 0 Å². The van der Waals surface area contributed by atoms with E-state index in [2.05, 4.69) is 56.4 Å². The molecule has 0 radical (unpaired) electrons. The highest BCUT2D eigenvalue weighted by atomic mass is 16.5. The molecule has 1 aliphatic rings. The van der Waals surface area contributed by atoms with Crippen LogP contribution in [0.25, 0.3) is 16.7 Å². The van der Waals surface area contributed by atoms with Gasteiger partial charge in [0, 0.05) is 22.9 Å². The SMILES string of the molecule is COc1ccccc1CCc1c(-c2ccc(O)cc2OC)ccc2c1C(C)=CC(C)(C)N2. The van der Waals surface area contributed by atoms with E-state index < -0.39 is 0 Å². The van der Waals surface area contributed by atoms with Gasteiger partial charge in [-0.2, -0.15) is 0 Å². The van der Waals surface area contributed by atoms with Crippen LogP contribution in [0.2, 0.25) is 0 Å². The van der Waals surface area contributed by atoms with Crippen molar-refractivity contribution in [3.8, 4) is 28.4 Å². The molecule has 2 N–H and O–H groups in total. The van der Waals surface area contributed by atoms with Crippen LogP contribution >= 0.6 is 0 Å². The molecule has 3 aromatic rings. The third-order valence-electron chi connectivity index (χ3n) is 6.05. The van der Waals surface area contributed by atoms with E-state index in [1.165, 1.54) is 22.3 Å². The molecule has 0 spiro atoms. The summed E-state index contributed by atoms with van der Waals surface area (Å²) in [6.07, 6.45) is 3.99. The van der Waals surface area contributed by atoms with Crippen LogP contribution in [0.3, 0.4) is 0 Å². The lowest BCUT2D eigenvalue weighted by atomic mass is 9.83. The first-order chi connectivity index (χ1) is 15.3. The number of aryl methyl sites for hydroxylation is 1. The Hall–Kier alpha value is -3.40. The first kappa shape index (κ1) is 21.8. The molecule has 0 saturated heterocycles. The maximum Gasteiger partial charge on any atom is 0.130 e. The van der Waals surface area contributed by atoms with Gasteiger partial charge in [-0.15, -0.1) is 0 Å². The van der Waals surface area contributed by atoms with Crippen molar-refractivity contribution in [2.24, 2.45) is 0 Å². The standard InChI is InChI=1S/C28H31NO3/c1-18-17-28(2,3)29-24-15-14-21(22-13-11-20(30)16-26(22)32-5)23(27(18)24)12-10-19-8-6-7-9-25(19)31-4/h6-9,11,13-17,29-30H,10,12H2,1-5H3. The highest BCUT2D eigenvalue weighted by molar-refractivity contribution is 5.88. The van der Waals surface area contributed by atoms with Crippen LogP contribution in [0.5, 0.6) is 17.2 Å². The number of methoxy groups -OCH3 is 2. The van der Waals surface area contributed by atoms with Gasteiger partial charge in [0.25, 0.3) is 0 Å². The second-order valence-corrected chi connectivity index (χ2v) is 8.88. The molecule has 0 saturated carbocycles. The van der Waals surface area contributed by atoms with E-state index in [9.17, 15) is 5.11 Å². The third kappa shape index (κ3) is 4.18. The lowest BCUT2D eigenvalue weighted by Gasteiger charge is -2.33. The molecule has 4 heteroatoms. The first-order valence-electron chi connectivity index (χ1n) is 11.0. The van der Waals surface area contributed by atoms with Crippen LogP contribution in [0.15, 0.2) is 60.7 Å². The van der Waals surface area contributed by atoms with E-state index in [4.69, 9.17) is 9.47 Å². The quantitative estimate of drug-likeness (QED) is 0.471. The Kier molecular flexibility index (Phi) is 5.88. The summed E-state index contributed by atoms with van der Waals surface area (Å²) in [7, 11) is 3.36. The van der Waals surface area contributed by atoms with Crippen LogP contribution in [-0.2, 0) is 12.8 Å². The number of fused-ring (bicyclic) bond motifs is 1. The summed E-state index contributed by atoms with van der Waals surface area (Å²) in [4.78, 5) is 0. The summed E-state index contributed by atoms with van der Waals surface area (Å²) in [5.41, 5.74) is 8.08. The molecule has 0 aromatic heterocycles. The van der Waals surface area contributed by atoms with E-state index >= 15 is 0 Å². The minimum Gasteiger partial charge on any atom is -0.508 e. The number of anilines is 1. The Morgan fingerprint density at radius 3 is 2.34 bits per heavy atom. The molecule has 1 heterocycles. The van der Waals surface area contributed by atoms with Crippen molar-refractivity contribution >= 4 is 11.3 Å². The third-order valence-corrected chi connectivity index (χ3v) is 6.05. The second-order valence-electron chi connectivity index (χ2n) is 8.88. The van der Waals surface area contributed by atoms with Crippen LogP contribution in [0.1, 0.15) is 37.5 Å². The lowest BCUT2D eigenvalue weighted by Crippen LogP contribution is -2.32. The number of benzene rings is 3. The number of para-hydroxylation sites is 1. The number of phenolic OH excluding ortho intramolecular Hbond substituents is 1. The summed E-state index contributed by atoms with van der Waals surface area (Å²) in [5, 5.41) is 13.6. The molecule has 1 aliphatic heterocycles. The number of allylic oxidation sites excluding steroid dienone is 1. The van der Waals surface area contributed by atoms with Gasteiger partial charge in [0.2, 0.25) is 0 Å². The molecule has 3 aromatic carbocycles. The Bertz CT molecular complexity index is 1180. The zero-order valence-corrected chi connectivity index (χ0v) is 19.5. The van der Waals surface area contributed by atoms with Gasteiger partial charge in [0.05, 0.1) is 19.8 Å². The average Bonchev–Trinajstić information content (AvgIpc) is 2.76. The molecular formula is C28H31NO3. The minimum atomic E-state index is -0.102. The summed E-state index contributed by atoms with van der Waals surface area (Å²) >= 11 is 0. The zero-order chi connectivity index (χ0) is 22.9. The highest BCUT2D eigenvalue weighted by Crippen LogP contribution is 2.43. The van der Waals surface area contributed by atoms with Gasteiger partial charge < -0.3 is 19.9 Å². The van der Waals surface area contributed by atoms with Gasteiger partial charge in [-0.25, -0.2) is 0 Å². The van der Waals surface area contributed by atoms with Gasteiger partial charge >= 0.3 is 0 Å². The predicted octanol–water partition coefficient (Wildman–Crippen LogP) is 6.47. The molecular weight excluding hydrogens is 398 g/mol. The summed E-state index contributed by atoms with van der Waals surface area (Å²) in [6, 6.07) is 17.8.